The first-order chi connectivity index (χ1) is 9.34. The normalized spacial score (nSPS) is 9.80. The van der Waals surface area contributed by atoms with E-state index in [1.165, 1.54) is 16.7 Å². The van der Waals surface area contributed by atoms with Crippen molar-refractivity contribution in [2.45, 2.75) is 0 Å². The highest BCUT2D eigenvalue weighted by atomic mass is 32.1. The zero-order chi connectivity index (χ0) is 13.1. The molecule has 0 aromatic heterocycles. The maximum absolute atomic E-state index is 9.39. The minimum absolute atomic E-state index is 0. The van der Waals surface area contributed by atoms with Gasteiger partial charge in [0, 0.05) is 0 Å². The highest BCUT2D eigenvalue weighted by molar-refractivity contribution is 7.59. The van der Waals surface area contributed by atoms with E-state index in [-0.39, 0.29) is 13.5 Å². The molecule has 0 aliphatic rings. The summed E-state index contributed by atoms with van der Waals surface area (Å²) in [6.07, 6.45) is 0. The topological polar surface area (TPSA) is 20.2 Å². The first-order valence-electron chi connectivity index (χ1n) is 6.28. The van der Waals surface area contributed by atoms with Gasteiger partial charge in [0.05, 0.1) is 0 Å². The molecule has 1 nitrogen and oxygen atoms in total. The maximum atomic E-state index is 9.39. The van der Waals surface area contributed by atoms with E-state index in [0.717, 1.165) is 5.56 Å². The molecule has 0 saturated heterocycles. The van der Waals surface area contributed by atoms with E-state index in [2.05, 4.69) is 24.3 Å². The molecule has 3 rings (SSSR count). The fourth-order valence-electron chi connectivity index (χ4n) is 2.25. The van der Waals surface area contributed by atoms with Crippen LogP contribution in [0.3, 0.4) is 0 Å². The summed E-state index contributed by atoms with van der Waals surface area (Å²) < 4.78 is 0. The van der Waals surface area contributed by atoms with Crippen LogP contribution in [-0.2, 0) is 0 Å². The van der Waals surface area contributed by atoms with Crippen LogP contribution in [0.25, 0.3) is 22.3 Å². The summed E-state index contributed by atoms with van der Waals surface area (Å²) in [5, 5.41) is 9.39. The van der Waals surface area contributed by atoms with Gasteiger partial charge in [-0.1, -0.05) is 66.7 Å². The first-order valence-corrected chi connectivity index (χ1v) is 6.28. The number of benzene rings is 3. The van der Waals surface area contributed by atoms with Gasteiger partial charge in [0.1, 0.15) is 5.75 Å². The average Bonchev–Trinajstić information content (AvgIpc) is 2.49. The Kier molecular flexibility index (Phi) is 4.49. The van der Waals surface area contributed by atoms with Crippen LogP contribution in [0.5, 0.6) is 5.75 Å². The number of phenols is 1. The third-order valence-electron chi connectivity index (χ3n) is 3.19. The molecule has 1 N–H and O–H groups in total. The van der Waals surface area contributed by atoms with Gasteiger partial charge < -0.3 is 5.11 Å². The first kappa shape index (κ1) is 14.2. The summed E-state index contributed by atoms with van der Waals surface area (Å²) in [5.41, 5.74) is 4.69. The van der Waals surface area contributed by atoms with Crippen molar-refractivity contribution < 1.29 is 5.11 Å². The molecule has 20 heavy (non-hydrogen) atoms. The second kappa shape index (κ2) is 6.31. The van der Waals surface area contributed by atoms with Crippen LogP contribution in [0.15, 0.2) is 78.9 Å². The molecule has 0 fully saturated rings. The molecule has 0 spiro atoms. The minimum Gasteiger partial charge on any atom is -0.508 e. The molecule has 3 aromatic rings. The SMILES string of the molecule is Oc1ccc(-c2ccccc2-c2ccccc2)cc1.S. The minimum atomic E-state index is 0. The van der Waals surface area contributed by atoms with Crippen LogP contribution in [-0.4, -0.2) is 5.11 Å². The fraction of sp³-hybridized carbons (Fsp3) is 0. The summed E-state index contributed by atoms with van der Waals surface area (Å²) in [6.45, 7) is 0. The van der Waals surface area contributed by atoms with E-state index in [0.29, 0.717) is 5.75 Å². The van der Waals surface area contributed by atoms with E-state index in [9.17, 15) is 5.11 Å². The molecule has 2 heteroatoms. The zero-order valence-electron chi connectivity index (χ0n) is 11.0. The lowest BCUT2D eigenvalue weighted by atomic mass is 9.95. The van der Waals surface area contributed by atoms with Crippen molar-refractivity contribution in [2.24, 2.45) is 0 Å². The maximum Gasteiger partial charge on any atom is 0.115 e. The van der Waals surface area contributed by atoms with Gasteiger partial charge in [-0.3, -0.25) is 0 Å². The molecule has 0 unspecified atom stereocenters. The molecule has 0 atom stereocenters. The van der Waals surface area contributed by atoms with Crippen molar-refractivity contribution >= 4 is 13.5 Å². The van der Waals surface area contributed by atoms with E-state index in [4.69, 9.17) is 0 Å². The van der Waals surface area contributed by atoms with Crippen LogP contribution in [0.4, 0.5) is 0 Å². The molecule has 0 aliphatic carbocycles. The molecule has 0 saturated carbocycles. The standard InChI is InChI=1S/C18H14O.H2S/c19-16-12-10-15(11-13-16)18-9-5-4-8-17(18)14-6-2-1-3-7-14;/h1-13,19H;1H2. The monoisotopic (exact) mass is 280 g/mol. The van der Waals surface area contributed by atoms with Crippen molar-refractivity contribution in [1.82, 2.24) is 0 Å². The van der Waals surface area contributed by atoms with Crippen molar-refractivity contribution in [1.29, 1.82) is 0 Å². The molecule has 0 amide bonds. The third-order valence-corrected chi connectivity index (χ3v) is 3.19. The lowest BCUT2D eigenvalue weighted by molar-refractivity contribution is 0.475. The predicted octanol–water partition coefficient (Wildman–Crippen LogP) is 4.84. The van der Waals surface area contributed by atoms with Crippen LogP contribution >= 0.6 is 13.5 Å². The van der Waals surface area contributed by atoms with Gasteiger partial charge in [-0.15, -0.1) is 0 Å². The number of hydrogen-bond acceptors (Lipinski definition) is 1. The summed E-state index contributed by atoms with van der Waals surface area (Å²) in [5.74, 6) is 0.293. The Hall–Kier alpha value is -2.19. The van der Waals surface area contributed by atoms with Crippen molar-refractivity contribution in [2.75, 3.05) is 0 Å². The average molecular weight is 280 g/mol. The van der Waals surface area contributed by atoms with Crippen LogP contribution in [0.2, 0.25) is 0 Å². The quantitative estimate of drug-likeness (QED) is 0.712. The molecule has 0 aliphatic heterocycles. The smallest absolute Gasteiger partial charge is 0.115 e. The van der Waals surface area contributed by atoms with Gasteiger partial charge >= 0.3 is 0 Å². The van der Waals surface area contributed by atoms with E-state index >= 15 is 0 Å². The number of rotatable bonds is 2. The van der Waals surface area contributed by atoms with Crippen LogP contribution < -0.4 is 0 Å². The Bertz CT molecular complexity index is 675. The van der Waals surface area contributed by atoms with Gasteiger partial charge in [-0.05, 0) is 34.4 Å². The molecular weight excluding hydrogens is 264 g/mol. The highest BCUT2D eigenvalue weighted by Gasteiger charge is 2.06. The second-order valence-electron chi connectivity index (χ2n) is 4.46. The van der Waals surface area contributed by atoms with Gasteiger partial charge in [0.25, 0.3) is 0 Å². The Labute approximate surface area is 126 Å². The molecular formula is C18H16OS. The molecule has 100 valence electrons. The summed E-state index contributed by atoms with van der Waals surface area (Å²) in [7, 11) is 0. The number of phenolic OH excluding ortho intramolecular Hbond substituents is 1. The van der Waals surface area contributed by atoms with Crippen molar-refractivity contribution in [3.05, 3.63) is 78.9 Å². The second-order valence-corrected chi connectivity index (χ2v) is 4.46. The van der Waals surface area contributed by atoms with Gasteiger partial charge in [-0.25, -0.2) is 0 Å². The Balaban J connectivity index is 0.00000147. The number of hydrogen-bond donors (Lipinski definition) is 1. The summed E-state index contributed by atoms with van der Waals surface area (Å²) in [6, 6.07) is 26.0. The Morgan fingerprint density at radius 3 is 1.50 bits per heavy atom. The van der Waals surface area contributed by atoms with Gasteiger partial charge in [0.2, 0.25) is 0 Å². The lowest BCUT2D eigenvalue weighted by Crippen LogP contribution is -1.84. The van der Waals surface area contributed by atoms with E-state index in [1.807, 2.05) is 42.5 Å². The summed E-state index contributed by atoms with van der Waals surface area (Å²) in [4.78, 5) is 0. The lowest BCUT2D eigenvalue weighted by Gasteiger charge is -2.10. The largest absolute Gasteiger partial charge is 0.508 e. The predicted molar refractivity (Wildman–Crippen MR) is 89.4 cm³/mol. The fourth-order valence-corrected chi connectivity index (χ4v) is 2.25. The van der Waals surface area contributed by atoms with Crippen molar-refractivity contribution in [3.8, 4) is 28.0 Å². The zero-order valence-corrected chi connectivity index (χ0v) is 12.0. The van der Waals surface area contributed by atoms with Gasteiger partial charge in [-0.2, -0.15) is 13.5 Å². The highest BCUT2D eigenvalue weighted by Crippen LogP contribution is 2.32. The molecule has 0 heterocycles. The summed E-state index contributed by atoms with van der Waals surface area (Å²) >= 11 is 0. The third kappa shape index (κ3) is 2.86. The Morgan fingerprint density at radius 1 is 0.500 bits per heavy atom. The number of aromatic hydroxyl groups is 1. The van der Waals surface area contributed by atoms with Crippen LogP contribution in [0, 0.1) is 0 Å². The van der Waals surface area contributed by atoms with E-state index in [1.54, 1.807) is 12.1 Å². The van der Waals surface area contributed by atoms with E-state index < -0.39 is 0 Å². The van der Waals surface area contributed by atoms with Crippen molar-refractivity contribution in [3.63, 3.8) is 0 Å². The van der Waals surface area contributed by atoms with Crippen LogP contribution in [0.1, 0.15) is 0 Å². The molecule has 0 bridgehead atoms. The molecule has 0 radical (unpaired) electrons. The Morgan fingerprint density at radius 2 is 0.950 bits per heavy atom. The molecule has 3 aromatic carbocycles. The van der Waals surface area contributed by atoms with Gasteiger partial charge in [0.15, 0.2) is 0 Å².